The number of nitrogens with two attached hydrogens (primary N) is 1. The molecule has 0 unspecified atom stereocenters. The lowest BCUT2D eigenvalue weighted by molar-refractivity contribution is 0.0601. The third-order valence-electron chi connectivity index (χ3n) is 2.74. The molecule has 0 aliphatic rings. The molecule has 2 N–H and O–H groups in total. The van der Waals surface area contributed by atoms with Crippen LogP contribution in [0.1, 0.15) is 23.1 Å². The monoisotopic (exact) mass is 245 g/mol. The van der Waals surface area contributed by atoms with E-state index in [2.05, 4.69) is 9.72 Å². The van der Waals surface area contributed by atoms with Gasteiger partial charge >= 0.3 is 5.97 Å². The van der Waals surface area contributed by atoms with Gasteiger partial charge in [-0.25, -0.2) is 9.78 Å². The number of carbonyl (C=O) groups excluding carboxylic acids is 1. The minimum atomic E-state index is -0.394. The van der Waals surface area contributed by atoms with Crippen molar-refractivity contribution in [3.8, 4) is 5.69 Å². The quantitative estimate of drug-likeness (QED) is 0.661. The first kappa shape index (κ1) is 12.2. The highest BCUT2D eigenvalue weighted by atomic mass is 16.5. The van der Waals surface area contributed by atoms with E-state index in [0.29, 0.717) is 11.3 Å². The maximum atomic E-state index is 11.4. The van der Waals surface area contributed by atoms with Gasteiger partial charge in [-0.15, -0.1) is 0 Å². The van der Waals surface area contributed by atoms with Crippen LogP contribution in [-0.2, 0) is 11.2 Å². The first-order valence-corrected chi connectivity index (χ1v) is 5.67. The number of hydrogen-bond donors (Lipinski definition) is 1. The van der Waals surface area contributed by atoms with Crippen LogP contribution in [-0.4, -0.2) is 22.6 Å². The summed E-state index contributed by atoms with van der Waals surface area (Å²) in [5.41, 5.74) is 7.75. The van der Waals surface area contributed by atoms with E-state index in [4.69, 9.17) is 5.73 Å². The molecule has 0 saturated carbocycles. The molecule has 0 fully saturated rings. The van der Waals surface area contributed by atoms with E-state index in [1.165, 1.54) is 7.11 Å². The highest BCUT2D eigenvalue weighted by molar-refractivity contribution is 5.91. The van der Waals surface area contributed by atoms with E-state index in [0.717, 1.165) is 17.9 Å². The average Bonchev–Trinajstić information content (AvgIpc) is 2.85. The summed E-state index contributed by atoms with van der Waals surface area (Å²) in [7, 11) is 1.34. The lowest BCUT2D eigenvalue weighted by Gasteiger charge is -2.10. The number of aryl methyl sites for hydroxylation is 1. The summed E-state index contributed by atoms with van der Waals surface area (Å²) >= 11 is 0. The molecule has 0 amide bonds. The number of methoxy groups -OCH3 is 1. The molecule has 18 heavy (non-hydrogen) atoms. The minimum absolute atomic E-state index is 0.394. The molecule has 1 aromatic carbocycles. The van der Waals surface area contributed by atoms with Crippen LogP contribution < -0.4 is 5.73 Å². The zero-order valence-corrected chi connectivity index (χ0v) is 10.4. The third-order valence-corrected chi connectivity index (χ3v) is 2.74. The maximum Gasteiger partial charge on any atom is 0.337 e. The number of imidazole rings is 1. The van der Waals surface area contributed by atoms with Gasteiger partial charge in [0, 0.05) is 18.8 Å². The number of hydrogen-bond acceptors (Lipinski definition) is 4. The molecular formula is C13H15N3O2. The van der Waals surface area contributed by atoms with Gasteiger partial charge in [0.05, 0.1) is 24.0 Å². The van der Waals surface area contributed by atoms with Gasteiger partial charge in [0.25, 0.3) is 0 Å². The molecule has 1 aromatic heterocycles. The summed E-state index contributed by atoms with van der Waals surface area (Å²) in [5, 5.41) is 0. The Morgan fingerprint density at radius 3 is 2.89 bits per heavy atom. The SMILES string of the molecule is CCc1nccn1-c1ccc(C(=O)OC)cc1N. The molecule has 0 spiro atoms. The summed E-state index contributed by atoms with van der Waals surface area (Å²) < 4.78 is 6.57. The fourth-order valence-electron chi connectivity index (χ4n) is 1.83. The summed E-state index contributed by atoms with van der Waals surface area (Å²) in [6, 6.07) is 5.10. The van der Waals surface area contributed by atoms with E-state index < -0.39 is 5.97 Å². The van der Waals surface area contributed by atoms with Gasteiger partial charge in [-0.1, -0.05) is 6.92 Å². The number of nitrogen functional groups attached to an aromatic ring is 1. The van der Waals surface area contributed by atoms with Crippen molar-refractivity contribution in [1.82, 2.24) is 9.55 Å². The Morgan fingerprint density at radius 1 is 1.50 bits per heavy atom. The third kappa shape index (κ3) is 2.07. The largest absolute Gasteiger partial charge is 0.465 e. The molecule has 5 nitrogen and oxygen atoms in total. The van der Waals surface area contributed by atoms with Gasteiger partial charge in [0.1, 0.15) is 5.82 Å². The predicted molar refractivity (Wildman–Crippen MR) is 68.7 cm³/mol. The van der Waals surface area contributed by atoms with Gasteiger partial charge in [-0.2, -0.15) is 0 Å². The van der Waals surface area contributed by atoms with Crippen LogP contribution in [0.5, 0.6) is 0 Å². The van der Waals surface area contributed by atoms with Crippen LogP contribution in [0.4, 0.5) is 5.69 Å². The average molecular weight is 245 g/mol. The number of anilines is 1. The Hall–Kier alpha value is -2.30. The smallest absolute Gasteiger partial charge is 0.337 e. The van der Waals surface area contributed by atoms with Gasteiger partial charge in [0.2, 0.25) is 0 Å². The van der Waals surface area contributed by atoms with E-state index in [1.807, 2.05) is 17.7 Å². The van der Waals surface area contributed by atoms with Crippen molar-refractivity contribution in [3.63, 3.8) is 0 Å². The molecule has 0 atom stereocenters. The Morgan fingerprint density at radius 2 is 2.28 bits per heavy atom. The molecule has 2 aromatic rings. The minimum Gasteiger partial charge on any atom is -0.465 e. The lowest BCUT2D eigenvalue weighted by Crippen LogP contribution is -2.06. The van der Waals surface area contributed by atoms with Crippen molar-refractivity contribution >= 4 is 11.7 Å². The molecule has 0 aliphatic carbocycles. The highest BCUT2D eigenvalue weighted by Crippen LogP contribution is 2.21. The van der Waals surface area contributed by atoms with Crippen molar-refractivity contribution in [2.24, 2.45) is 0 Å². The number of benzene rings is 1. The van der Waals surface area contributed by atoms with Crippen molar-refractivity contribution in [2.75, 3.05) is 12.8 Å². The fourth-order valence-corrected chi connectivity index (χ4v) is 1.83. The summed E-state index contributed by atoms with van der Waals surface area (Å²) in [5.74, 6) is 0.530. The number of ether oxygens (including phenoxy) is 1. The lowest BCUT2D eigenvalue weighted by atomic mass is 10.1. The maximum absolute atomic E-state index is 11.4. The summed E-state index contributed by atoms with van der Waals surface area (Å²) in [4.78, 5) is 15.6. The van der Waals surface area contributed by atoms with Crippen molar-refractivity contribution in [1.29, 1.82) is 0 Å². The van der Waals surface area contributed by atoms with Crippen LogP contribution in [0.3, 0.4) is 0 Å². The number of aromatic nitrogens is 2. The number of carbonyl (C=O) groups is 1. The van der Waals surface area contributed by atoms with E-state index in [1.54, 1.807) is 24.4 Å². The summed E-state index contributed by atoms with van der Waals surface area (Å²) in [6.45, 7) is 2.03. The second kappa shape index (κ2) is 4.91. The summed E-state index contributed by atoms with van der Waals surface area (Å²) in [6.07, 6.45) is 4.39. The Labute approximate surface area is 105 Å². The number of nitrogens with zero attached hydrogens (tertiary/aromatic N) is 2. The van der Waals surface area contributed by atoms with Crippen LogP contribution in [0.25, 0.3) is 5.69 Å². The second-order valence-electron chi connectivity index (χ2n) is 3.83. The van der Waals surface area contributed by atoms with Crippen LogP contribution in [0.2, 0.25) is 0 Å². The molecule has 2 rings (SSSR count). The number of rotatable bonds is 3. The first-order valence-electron chi connectivity index (χ1n) is 5.67. The van der Waals surface area contributed by atoms with Crippen molar-refractivity contribution in [3.05, 3.63) is 42.0 Å². The molecule has 5 heteroatoms. The van der Waals surface area contributed by atoms with E-state index in [9.17, 15) is 4.79 Å². The molecule has 0 radical (unpaired) electrons. The van der Waals surface area contributed by atoms with E-state index >= 15 is 0 Å². The van der Waals surface area contributed by atoms with Gasteiger partial charge < -0.3 is 15.0 Å². The zero-order valence-electron chi connectivity index (χ0n) is 10.4. The Kier molecular flexibility index (Phi) is 3.32. The van der Waals surface area contributed by atoms with Crippen LogP contribution in [0, 0.1) is 0 Å². The normalized spacial score (nSPS) is 10.3. The Bertz CT molecular complexity index is 575. The highest BCUT2D eigenvalue weighted by Gasteiger charge is 2.10. The molecule has 1 heterocycles. The molecule has 94 valence electrons. The van der Waals surface area contributed by atoms with Crippen molar-refractivity contribution in [2.45, 2.75) is 13.3 Å². The van der Waals surface area contributed by atoms with Crippen LogP contribution in [0.15, 0.2) is 30.6 Å². The van der Waals surface area contributed by atoms with Crippen LogP contribution >= 0.6 is 0 Å². The van der Waals surface area contributed by atoms with Gasteiger partial charge in [-0.05, 0) is 18.2 Å². The molecule has 0 aliphatic heterocycles. The second-order valence-corrected chi connectivity index (χ2v) is 3.83. The fraction of sp³-hybridized carbons (Fsp3) is 0.231. The Balaban J connectivity index is 2.45. The molecule has 0 saturated heterocycles. The standard InChI is InChI=1S/C13H15N3O2/c1-3-12-15-6-7-16(12)11-5-4-9(8-10(11)14)13(17)18-2/h4-8H,3,14H2,1-2H3. The molecular weight excluding hydrogens is 230 g/mol. The van der Waals surface area contributed by atoms with Crippen molar-refractivity contribution < 1.29 is 9.53 Å². The zero-order chi connectivity index (χ0) is 13.1. The topological polar surface area (TPSA) is 70.1 Å². The molecule has 0 bridgehead atoms. The van der Waals surface area contributed by atoms with E-state index in [-0.39, 0.29) is 0 Å². The van der Waals surface area contributed by atoms with Gasteiger partial charge in [0.15, 0.2) is 0 Å². The predicted octanol–water partition coefficient (Wildman–Crippen LogP) is 1.80. The van der Waals surface area contributed by atoms with Gasteiger partial charge in [-0.3, -0.25) is 0 Å². The number of esters is 1. The first-order chi connectivity index (χ1) is 8.67.